The molecule has 0 radical (unpaired) electrons. The lowest BCUT2D eigenvalue weighted by Crippen LogP contribution is -2.56. The highest BCUT2D eigenvalue weighted by molar-refractivity contribution is 7.98. The first-order chi connectivity index (χ1) is 14.0. The van der Waals surface area contributed by atoms with Gasteiger partial charge in [0.1, 0.15) is 18.1 Å². The number of carboxylic acids is 1. The fraction of sp³-hybridized carbons (Fsp3) is 0.722. The van der Waals surface area contributed by atoms with E-state index in [0.717, 1.165) is 0 Å². The van der Waals surface area contributed by atoms with E-state index in [4.69, 9.17) is 11.5 Å². The van der Waals surface area contributed by atoms with Crippen molar-refractivity contribution < 1.29 is 29.1 Å². The van der Waals surface area contributed by atoms with Gasteiger partial charge in [0, 0.05) is 6.42 Å². The van der Waals surface area contributed by atoms with Gasteiger partial charge in [0.2, 0.25) is 23.6 Å². The van der Waals surface area contributed by atoms with E-state index in [9.17, 15) is 29.1 Å². The Morgan fingerprint density at radius 2 is 1.47 bits per heavy atom. The van der Waals surface area contributed by atoms with Gasteiger partial charge in [-0.15, -0.1) is 0 Å². The number of hydrogen-bond donors (Lipinski definition) is 6. The van der Waals surface area contributed by atoms with Crippen LogP contribution < -0.4 is 27.4 Å². The van der Waals surface area contributed by atoms with Gasteiger partial charge in [-0.3, -0.25) is 19.2 Å². The van der Waals surface area contributed by atoms with Gasteiger partial charge in [0.05, 0.1) is 6.54 Å². The van der Waals surface area contributed by atoms with E-state index in [2.05, 4.69) is 16.0 Å². The molecule has 3 atom stereocenters. The Labute approximate surface area is 180 Å². The summed E-state index contributed by atoms with van der Waals surface area (Å²) in [7, 11) is 0. The molecular weight excluding hydrogens is 414 g/mol. The molecule has 0 spiro atoms. The number of carbonyl (C=O) groups is 5. The van der Waals surface area contributed by atoms with Crippen LogP contribution in [0.1, 0.15) is 39.5 Å². The lowest BCUT2D eigenvalue weighted by molar-refractivity contribution is -0.142. The second kappa shape index (κ2) is 14.6. The van der Waals surface area contributed by atoms with E-state index < -0.39 is 47.7 Å². The van der Waals surface area contributed by atoms with Crippen molar-refractivity contribution >= 4 is 41.4 Å². The van der Waals surface area contributed by atoms with Crippen molar-refractivity contribution in [1.82, 2.24) is 16.0 Å². The van der Waals surface area contributed by atoms with E-state index in [1.165, 1.54) is 11.8 Å². The van der Waals surface area contributed by atoms with Crippen molar-refractivity contribution in [2.24, 2.45) is 17.4 Å². The van der Waals surface area contributed by atoms with Crippen molar-refractivity contribution in [2.75, 3.05) is 18.6 Å². The van der Waals surface area contributed by atoms with E-state index >= 15 is 0 Å². The van der Waals surface area contributed by atoms with Crippen LogP contribution in [0.25, 0.3) is 0 Å². The minimum Gasteiger partial charge on any atom is -0.480 e. The van der Waals surface area contributed by atoms with Crippen LogP contribution in [-0.4, -0.2) is 71.4 Å². The third kappa shape index (κ3) is 11.6. The summed E-state index contributed by atoms with van der Waals surface area (Å²) in [6.45, 7) is 3.31. The molecule has 11 nitrogen and oxygen atoms in total. The smallest absolute Gasteiger partial charge is 0.326 e. The van der Waals surface area contributed by atoms with Gasteiger partial charge in [-0.25, -0.2) is 4.79 Å². The maximum atomic E-state index is 12.7. The van der Waals surface area contributed by atoms with E-state index in [0.29, 0.717) is 5.75 Å². The molecule has 0 aliphatic heterocycles. The maximum absolute atomic E-state index is 12.7. The average molecular weight is 448 g/mol. The van der Waals surface area contributed by atoms with Crippen LogP contribution in [0.2, 0.25) is 0 Å². The minimum absolute atomic E-state index is 0.0373. The molecule has 3 unspecified atom stereocenters. The van der Waals surface area contributed by atoms with Crippen LogP contribution in [0, 0.1) is 5.92 Å². The normalized spacial score (nSPS) is 13.8. The third-order valence-corrected chi connectivity index (χ3v) is 4.73. The molecule has 8 N–H and O–H groups in total. The quantitative estimate of drug-likeness (QED) is 0.175. The monoisotopic (exact) mass is 447 g/mol. The van der Waals surface area contributed by atoms with Crippen molar-refractivity contribution in [3.05, 3.63) is 0 Å². The van der Waals surface area contributed by atoms with Gasteiger partial charge < -0.3 is 32.5 Å². The number of rotatable bonds is 15. The zero-order chi connectivity index (χ0) is 23.3. The minimum atomic E-state index is -1.17. The van der Waals surface area contributed by atoms with Crippen LogP contribution in [0.4, 0.5) is 0 Å². The predicted octanol–water partition coefficient (Wildman–Crippen LogP) is -1.45. The number of aliphatic carboxylic acids is 1. The zero-order valence-electron chi connectivity index (χ0n) is 17.6. The summed E-state index contributed by atoms with van der Waals surface area (Å²) in [6.07, 6.45) is 2.10. The van der Waals surface area contributed by atoms with Gasteiger partial charge in [0.15, 0.2) is 0 Å². The van der Waals surface area contributed by atoms with Crippen LogP contribution in [0.3, 0.4) is 0 Å². The highest BCUT2D eigenvalue weighted by Crippen LogP contribution is 2.08. The van der Waals surface area contributed by atoms with Crippen molar-refractivity contribution in [3.8, 4) is 0 Å². The molecule has 0 aromatic carbocycles. The molecular formula is C18H33N5O6S. The number of nitrogens with one attached hydrogen (secondary N) is 3. The standard InChI is InChI=1S/C18H33N5O6S/c1-10(2)8-13(18(28)29)23-17(27)12(6-7-30-3)22-16(26)11(4-5-14(20)24)21-15(25)9-19/h10-13H,4-9,19H2,1-3H3,(H2,20,24)(H,21,25)(H,22,26)(H,23,27)(H,28,29). The summed E-state index contributed by atoms with van der Waals surface area (Å²) in [4.78, 5) is 59.4. The van der Waals surface area contributed by atoms with E-state index in [1.54, 1.807) is 0 Å². The highest BCUT2D eigenvalue weighted by Gasteiger charge is 2.29. The number of carbonyl (C=O) groups excluding carboxylic acids is 4. The highest BCUT2D eigenvalue weighted by atomic mass is 32.2. The molecule has 0 aliphatic carbocycles. The molecule has 12 heteroatoms. The summed E-state index contributed by atoms with van der Waals surface area (Å²) < 4.78 is 0. The summed E-state index contributed by atoms with van der Waals surface area (Å²) >= 11 is 1.45. The van der Waals surface area contributed by atoms with E-state index in [1.807, 2.05) is 20.1 Å². The Hall–Kier alpha value is -2.34. The maximum Gasteiger partial charge on any atom is 0.326 e. The molecule has 0 aromatic rings. The molecule has 4 amide bonds. The third-order valence-electron chi connectivity index (χ3n) is 4.08. The first kappa shape index (κ1) is 27.7. The van der Waals surface area contributed by atoms with Crippen molar-refractivity contribution in [2.45, 2.75) is 57.7 Å². The molecule has 172 valence electrons. The molecule has 0 aromatic heterocycles. The van der Waals surface area contributed by atoms with Crippen LogP contribution in [-0.2, 0) is 24.0 Å². The Morgan fingerprint density at radius 3 is 1.90 bits per heavy atom. The molecule has 0 fully saturated rings. The molecule has 0 heterocycles. The lowest BCUT2D eigenvalue weighted by atomic mass is 10.0. The number of primary amides is 1. The number of carboxylic acid groups (broad SMARTS) is 1. The molecule has 30 heavy (non-hydrogen) atoms. The first-order valence-corrected chi connectivity index (χ1v) is 11.0. The average Bonchev–Trinajstić information content (AvgIpc) is 2.66. The van der Waals surface area contributed by atoms with Gasteiger partial charge in [-0.1, -0.05) is 13.8 Å². The number of amides is 4. The molecule has 0 rings (SSSR count). The molecule has 0 saturated carbocycles. The Bertz CT molecular complexity index is 616. The Kier molecular flexibility index (Phi) is 13.5. The van der Waals surface area contributed by atoms with Gasteiger partial charge in [0.25, 0.3) is 0 Å². The lowest BCUT2D eigenvalue weighted by Gasteiger charge is -2.24. The second-order valence-corrected chi connectivity index (χ2v) is 8.19. The van der Waals surface area contributed by atoms with E-state index in [-0.39, 0.29) is 38.1 Å². The summed E-state index contributed by atoms with van der Waals surface area (Å²) in [5, 5.41) is 16.7. The Balaban J connectivity index is 5.33. The number of hydrogen-bond acceptors (Lipinski definition) is 7. The zero-order valence-corrected chi connectivity index (χ0v) is 18.4. The van der Waals surface area contributed by atoms with Crippen LogP contribution in [0.5, 0.6) is 0 Å². The molecule has 0 bridgehead atoms. The Morgan fingerprint density at radius 1 is 0.933 bits per heavy atom. The number of thioether (sulfide) groups is 1. The summed E-state index contributed by atoms with van der Waals surface area (Å²) in [6, 6.07) is -3.21. The van der Waals surface area contributed by atoms with Crippen molar-refractivity contribution in [1.29, 1.82) is 0 Å². The summed E-state index contributed by atoms with van der Waals surface area (Å²) in [5.74, 6) is -3.17. The topological polar surface area (TPSA) is 194 Å². The largest absolute Gasteiger partial charge is 0.480 e. The van der Waals surface area contributed by atoms with Gasteiger partial charge in [-0.05, 0) is 37.2 Å². The second-order valence-electron chi connectivity index (χ2n) is 7.20. The first-order valence-electron chi connectivity index (χ1n) is 9.61. The van der Waals surface area contributed by atoms with Gasteiger partial charge in [-0.2, -0.15) is 11.8 Å². The van der Waals surface area contributed by atoms with Crippen LogP contribution in [0.15, 0.2) is 0 Å². The fourth-order valence-corrected chi connectivity index (χ4v) is 3.02. The predicted molar refractivity (Wildman–Crippen MR) is 113 cm³/mol. The van der Waals surface area contributed by atoms with Crippen molar-refractivity contribution in [3.63, 3.8) is 0 Å². The van der Waals surface area contributed by atoms with Crippen LogP contribution >= 0.6 is 11.8 Å². The summed E-state index contributed by atoms with van der Waals surface area (Å²) in [5.41, 5.74) is 10.4. The van der Waals surface area contributed by atoms with Gasteiger partial charge >= 0.3 is 5.97 Å². The molecule has 0 saturated heterocycles. The SMILES string of the molecule is CSCCC(NC(=O)C(CCC(N)=O)NC(=O)CN)C(=O)NC(CC(C)C)C(=O)O. The molecule has 0 aliphatic rings. The number of nitrogens with two attached hydrogens (primary N) is 2. The fourth-order valence-electron chi connectivity index (χ4n) is 2.55.